The fourth-order valence-electron chi connectivity index (χ4n) is 4.95. The van der Waals surface area contributed by atoms with Crippen LogP contribution in [-0.2, 0) is 24.3 Å². The zero-order chi connectivity index (χ0) is 31.1. The number of aromatic nitrogens is 2. The largest absolute Gasteiger partial charge is 0.352 e. The van der Waals surface area contributed by atoms with Gasteiger partial charge in [-0.15, -0.1) is 0 Å². The number of nitriles is 1. The number of amides is 1. The molecule has 2 N–H and O–H groups in total. The van der Waals surface area contributed by atoms with Crippen LogP contribution in [0.25, 0.3) is 10.8 Å². The van der Waals surface area contributed by atoms with E-state index in [4.69, 9.17) is 40.7 Å². The van der Waals surface area contributed by atoms with E-state index >= 15 is 0 Å². The van der Waals surface area contributed by atoms with E-state index in [1.165, 1.54) is 0 Å². The molecule has 0 aliphatic rings. The molecule has 0 saturated carbocycles. The number of imidazole rings is 1. The molecule has 0 fully saturated rings. The zero-order valence-electron chi connectivity index (χ0n) is 24.0. The molecule has 1 atom stereocenters. The quantitative estimate of drug-likeness (QED) is 0.157. The summed E-state index contributed by atoms with van der Waals surface area (Å²) >= 11 is 18.7. The number of halogens is 2. The van der Waals surface area contributed by atoms with Gasteiger partial charge in [-0.25, -0.2) is 4.98 Å². The summed E-state index contributed by atoms with van der Waals surface area (Å²) in [5.41, 5.74) is 4.09. The number of nitrogens with one attached hydrogen (secondary N) is 2. The predicted molar refractivity (Wildman–Crippen MR) is 181 cm³/mol. The number of rotatable bonds is 10. The Morgan fingerprint density at radius 2 is 1.82 bits per heavy atom. The molecule has 1 unspecified atom stereocenters. The first kappa shape index (κ1) is 31.0. The zero-order valence-corrected chi connectivity index (χ0v) is 26.3. The maximum Gasteiger partial charge on any atom is 0.226 e. The van der Waals surface area contributed by atoms with Gasteiger partial charge < -0.3 is 20.1 Å². The Bertz CT molecular complexity index is 1830. The lowest BCUT2D eigenvalue weighted by molar-refractivity contribution is -0.121. The summed E-state index contributed by atoms with van der Waals surface area (Å²) in [4.78, 5) is 19.4. The third kappa shape index (κ3) is 7.94. The first-order valence-corrected chi connectivity index (χ1v) is 15.2. The molecule has 0 radical (unpaired) electrons. The van der Waals surface area contributed by atoms with Crippen LogP contribution in [0.1, 0.15) is 29.3 Å². The summed E-state index contributed by atoms with van der Waals surface area (Å²) in [6, 6.07) is 29.0. The molecular formula is C34H30Cl2N6OS. The number of nitrogens with zero attached hydrogens (tertiary/aromatic N) is 4. The van der Waals surface area contributed by atoms with Gasteiger partial charge in [-0.2, -0.15) is 5.26 Å². The SMILES string of the molecule is CC(CN(Cc1cccc(Cl)c1Cl)C(=S)Nc1ccc2ccccc2c1)NC(=O)Cc1cncn1Cc1ccc(C#N)cc1. The van der Waals surface area contributed by atoms with Gasteiger partial charge in [0.05, 0.1) is 34.4 Å². The van der Waals surface area contributed by atoms with E-state index in [0.717, 1.165) is 33.3 Å². The molecule has 4 aromatic carbocycles. The molecule has 0 aliphatic heterocycles. The molecule has 0 spiro atoms. The normalized spacial score (nSPS) is 11.5. The number of hydrogen-bond donors (Lipinski definition) is 2. The van der Waals surface area contributed by atoms with Crippen molar-refractivity contribution in [3.63, 3.8) is 0 Å². The Kier molecular flexibility index (Phi) is 10.1. The lowest BCUT2D eigenvalue weighted by Gasteiger charge is -2.29. The van der Waals surface area contributed by atoms with Gasteiger partial charge >= 0.3 is 0 Å². The average Bonchev–Trinajstić information content (AvgIpc) is 3.45. The molecule has 222 valence electrons. The second-order valence-electron chi connectivity index (χ2n) is 10.6. The standard InChI is InChI=1S/C34H30Cl2N6OS/c1-23(39-32(43)16-30-18-38-22-42(30)20-25-11-9-24(17-37)10-12-25)19-41(21-28-7-4-8-31(35)33(28)36)34(44)40-29-14-13-26-5-2-3-6-27(26)15-29/h2-15,18,22-23H,16,19-21H2,1H3,(H,39,43)(H,40,44). The van der Waals surface area contributed by atoms with Crippen molar-refractivity contribution in [2.24, 2.45) is 0 Å². The number of hydrogen-bond acceptors (Lipinski definition) is 4. The summed E-state index contributed by atoms with van der Waals surface area (Å²) in [7, 11) is 0. The minimum atomic E-state index is -0.244. The number of benzene rings is 4. The van der Waals surface area contributed by atoms with Crippen LogP contribution in [-0.4, -0.2) is 38.1 Å². The highest BCUT2D eigenvalue weighted by Crippen LogP contribution is 2.27. The Morgan fingerprint density at radius 1 is 1.05 bits per heavy atom. The van der Waals surface area contributed by atoms with Crippen molar-refractivity contribution in [3.8, 4) is 6.07 Å². The minimum Gasteiger partial charge on any atom is -0.352 e. The maximum absolute atomic E-state index is 13.1. The molecule has 5 rings (SSSR count). The molecule has 0 aliphatic carbocycles. The first-order valence-electron chi connectivity index (χ1n) is 14.0. The van der Waals surface area contributed by atoms with Gasteiger partial charge in [-0.1, -0.05) is 77.8 Å². The Morgan fingerprint density at radius 3 is 2.59 bits per heavy atom. The molecule has 1 aromatic heterocycles. The van der Waals surface area contributed by atoms with Crippen molar-refractivity contribution in [1.82, 2.24) is 19.8 Å². The smallest absolute Gasteiger partial charge is 0.226 e. The topological polar surface area (TPSA) is 86.0 Å². The van der Waals surface area contributed by atoms with Crippen molar-refractivity contribution in [3.05, 3.63) is 130 Å². The number of fused-ring (bicyclic) bond motifs is 1. The Labute approximate surface area is 272 Å². The highest BCUT2D eigenvalue weighted by Gasteiger charge is 2.19. The van der Waals surface area contributed by atoms with E-state index in [9.17, 15) is 4.79 Å². The van der Waals surface area contributed by atoms with E-state index in [1.807, 2.05) is 64.9 Å². The maximum atomic E-state index is 13.1. The van der Waals surface area contributed by atoms with Gasteiger partial charge in [0.15, 0.2) is 5.11 Å². The van der Waals surface area contributed by atoms with Crippen molar-refractivity contribution >= 4 is 62.9 Å². The molecular weight excluding hydrogens is 611 g/mol. The van der Waals surface area contributed by atoms with Crippen molar-refractivity contribution in [2.45, 2.75) is 32.5 Å². The van der Waals surface area contributed by atoms with Gasteiger partial charge in [0.25, 0.3) is 0 Å². The summed E-state index contributed by atoms with van der Waals surface area (Å²) in [5.74, 6) is -0.131. The van der Waals surface area contributed by atoms with Crippen LogP contribution in [0.4, 0.5) is 5.69 Å². The third-order valence-electron chi connectivity index (χ3n) is 7.16. The van der Waals surface area contributed by atoms with Crippen LogP contribution in [0.2, 0.25) is 10.0 Å². The van der Waals surface area contributed by atoms with Crippen LogP contribution >= 0.6 is 35.4 Å². The number of carbonyl (C=O) groups is 1. The molecule has 1 heterocycles. The van der Waals surface area contributed by atoms with Crippen molar-refractivity contribution in [2.75, 3.05) is 11.9 Å². The number of anilines is 1. The number of carbonyl (C=O) groups excluding carboxylic acids is 1. The summed E-state index contributed by atoms with van der Waals surface area (Å²) in [5, 5.41) is 19.2. The van der Waals surface area contributed by atoms with Crippen LogP contribution < -0.4 is 10.6 Å². The van der Waals surface area contributed by atoms with Gasteiger partial charge in [0, 0.05) is 43.3 Å². The van der Waals surface area contributed by atoms with Gasteiger partial charge in [0.1, 0.15) is 0 Å². The van der Waals surface area contributed by atoms with Crippen LogP contribution in [0, 0.1) is 11.3 Å². The van der Waals surface area contributed by atoms with E-state index in [1.54, 1.807) is 30.7 Å². The van der Waals surface area contributed by atoms with Gasteiger partial charge in [-0.3, -0.25) is 4.79 Å². The van der Waals surface area contributed by atoms with Crippen LogP contribution in [0.15, 0.2) is 97.5 Å². The van der Waals surface area contributed by atoms with Gasteiger partial charge in [0.2, 0.25) is 5.91 Å². The average molecular weight is 642 g/mol. The second kappa shape index (κ2) is 14.4. The molecule has 0 saturated heterocycles. The fraction of sp³-hybridized carbons (Fsp3) is 0.176. The van der Waals surface area contributed by atoms with Crippen LogP contribution in [0.5, 0.6) is 0 Å². The minimum absolute atomic E-state index is 0.131. The molecule has 0 bridgehead atoms. The van der Waals surface area contributed by atoms with E-state index in [-0.39, 0.29) is 18.4 Å². The highest BCUT2D eigenvalue weighted by molar-refractivity contribution is 7.80. The van der Waals surface area contributed by atoms with Gasteiger partial charge in [-0.05, 0) is 71.4 Å². The van der Waals surface area contributed by atoms with E-state index in [0.29, 0.717) is 40.4 Å². The molecule has 10 heteroatoms. The van der Waals surface area contributed by atoms with E-state index < -0.39 is 0 Å². The Hall–Kier alpha value is -4.42. The lowest BCUT2D eigenvalue weighted by atomic mass is 10.1. The fourth-order valence-corrected chi connectivity index (χ4v) is 5.59. The predicted octanol–water partition coefficient (Wildman–Crippen LogP) is 7.21. The Balaban J connectivity index is 1.26. The molecule has 44 heavy (non-hydrogen) atoms. The summed E-state index contributed by atoms with van der Waals surface area (Å²) in [6.07, 6.45) is 3.57. The lowest BCUT2D eigenvalue weighted by Crippen LogP contribution is -2.45. The van der Waals surface area contributed by atoms with E-state index in [2.05, 4.69) is 39.9 Å². The van der Waals surface area contributed by atoms with Crippen LogP contribution in [0.3, 0.4) is 0 Å². The summed E-state index contributed by atoms with van der Waals surface area (Å²) in [6.45, 7) is 3.32. The second-order valence-corrected chi connectivity index (χ2v) is 11.7. The highest BCUT2D eigenvalue weighted by atomic mass is 35.5. The summed E-state index contributed by atoms with van der Waals surface area (Å²) < 4.78 is 1.93. The van der Waals surface area contributed by atoms with Crippen molar-refractivity contribution < 1.29 is 4.79 Å². The molecule has 7 nitrogen and oxygen atoms in total. The monoisotopic (exact) mass is 640 g/mol. The first-order chi connectivity index (χ1) is 21.3. The molecule has 1 amide bonds. The van der Waals surface area contributed by atoms with Crippen molar-refractivity contribution in [1.29, 1.82) is 5.26 Å². The third-order valence-corrected chi connectivity index (χ3v) is 8.38. The molecule has 5 aromatic rings. The number of thiocarbonyl (C=S) groups is 1.